The number of rotatable bonds is 7. The molecule has 2 aliphatic rings. The standard InChI is InChI=1S/C29H33NO3/c1-21-5-7-22(8-6-21)27-20-33-28-19-25(31-2)13-14-26(28)29(27)23-9-11-24(12-10-23)32-18-17-30-15-3-4-16-30/h5-14,19,27,29H,3-4,15-18,20H2,1-2H3/t27-,29-/m1/s1. The minimum atomic E-state index is 0.209. The van der Waals surface area contributed by atoms with Crippen molar-refractivity contribution in [3.63, 3.8) is 0 Å². The first-order valence-electron chi connectivity index (χ1n) is 12.0. The maximum Gasteiger partial charge on any atom is 0.126 e. The molecule has 1 fully saturated rings. The molecule has 2 heterocycles. The molecule has 0 aromatic heterocycles. The quantitative estimate of drug-likeness (QED) is 0.463. The van der Waals surface area contributed by atoms with Gasteiger partial charge in [0.25, 0.3) is 0 Å². The summed E-state index contributed by atoms with van der Waals surface area (Å²) in [6.45, 7) is 6.93. The van der Waals surface area contributed by atoms with E-state index >= 15 is 0 Å². The fourth-order valence-electron chi connectivity index (χ4n) is 5.10. The summed E-state index contributed by atoms with van der Waals surface area (Å²) in [6.07, 6.45) is 2.63. The van der Waals surface area contributed by atoms with Crippen molar-refractivity contribution in [3.8, 4) is 17.2 Å². The molecule has 3 aromatic carbocycles. The Morgan fingerprint density at radius 1 is 0.879 bits per heavy atom. The van der Waals surface area contributed by atoms with E-state index in [1.807, 2.05) is 12.1 Å². The Bertz CT molecular complexity index is 1060. The minimum absolute atomic E-state index is 0.209. The van der Waals surface area contributed by atoms with Crippen molar-refractivity contribution in [3.05, 3.63) is 89.0 Å². The van der Waals surface area contributed by atoms with E-state index in [4.69, 9.17) is 14.2 Å². The Balaban J connectivity index is 1.40. The predicted molar refractivity (Wildman–Crippen MR) is 132 cm³/mol. The largest absolute Gasteiger partial charge is 0.497 e. The van der Waals surface area contributed by atoms with E-state index in [9.17, 15) is 0 Å². The van der Waals surface area contributed by atoms with Gasteiger partial charge in [0.1, 0.15) is 23.9 Å². The topological polar surface area (TPSA) is 30.9 Å². The van der Waals surface area contributed by atoms with Crippen LogP contribution in [-0.4, -0.2) is 44.9 Å². The molecule has 1 saturated heterocycles. The van der Waals surface area contributed by atoms with E-state index in [2.05, 4.69) is 66.4 Å². The highest BCUT2D eigenvalue weighted by atomic mass is 16.5. The molecule has 33 heavy (non-hydrogen) atoms. The van der Waals surface area contributed by atoms with Gasteiger partial charge < -0.3 is 14.2 Å². The van der Waals surface area contributed by atoms with Crippen LogP contribution in [0.4, 0.5) is 0 Å². The number of fused-ring (bicyclic) bond motifs is 1. The molecule has 0 spiro atoms. The highest BCUT2D eigenvalue weighted by Crippen LogP contribution is 2.47. The van der Waals surface area contributed by atoms with Crippen LogP contribution < -0.4 is 14.2 Å². The van der Waals surface area contributed by atoms with Gasteiger partial charge in [-0.2, -0.15) is 0 Å². The number of aryl methyl sites for hydroxylation is 1. The van der Waals surface area contributed by atoms with Crippen molar-refractivity contribution in [2.24, 2.45) is 0 Å². The first kappa shape index (κ1) is 21.8. The van der Waals surface area contributed by atoms with Crippen LogP contribution in [0.3, 0.4) is 0 Å². The Morgan fingerprint density at radius 3 is 2.30 bits per heavy atom. The Morgan fingerprint density at radius 2 is 1.58 bits per heavy atom. The van der Waals surface area contributed by atoms with Gasteiger partial charge in [-0.15, -0.1) is 0 Å². The zero-order valence-electron chi connectivity index (χ0n) is 19.6. The molecular weight excluding hydrogens is 410 g/mol. The van der Waals surface area contributed by atoms with Crippen LogP contribution in [0.1, 0.15) is 46.9 Å². The second-order valence-electron chi connectivity index (χ2n) is 9.18. The lowest BCUT2D eigenvalue weighted by atomic mass is 9.76. The maximum atomic E-state index is 6.23. The van der Waals surface area contributed by atoms with E-state index < -0.39 is 0 Å². The normalized spacial score (nSPS) is 20.2. The van der Waals surface area contributed by atoms with Crippen molar-refractivity contribution in [2.45, 2.75) is 31.6 Å². The average molecular weight is 444 g/mol. The highest BCUT2D eigenvalue weighted by Gasteiger charge is 2.33. The summed E-state index contributed by atoms with van der Waals surface area (Å²) in [5.41, 5.74) is 5.06. The van der Waals surface area contributed by atoms with Gasteiger partial charge in [0.05, 0.1) is 13.7 Å². The number of likely N-dealkylation sites (tertiary alicyclic amines) is 1. The van der Waals surface area contributed by atoms with Gasteiger partial charge in [-0.3, -0.25) is 4.90 Å². The van der Waals surface area contributed by atoms with Gasteiger partial charge in [-0.25, -0.2) is 0 Å². The number of benzene rings is 3. The molecule has 2 aliphatic heterocycles. The molecule has 0 aliphatic carbocycles. The molecule has 172 valence electrons. The lowest BCUT2D eigenvalue weighted by Crippen LogP contribution is -2.25. The van der Waals surface area contributed by atoms with Gasteiger partial charge in [-0.1, -0.05) is 48.0 Å². The van der Waals surface area contributed by atoms with Crippen molar-refractivity contribution in [1.82, 2.24) is 4.90 Å². The third-order valence-electron chi connectivity index (χ3n) is 7.00. The number of nitrogens with zero attached hydrogens (tertiary/aromatic N) is 1. The smallest absolute Gasteiger partial charge is 0.126 e. The summed E-state index contributed by atoms with van der Waals surface area (Å²) in [6, 6.07) is 23.7. The van der Waals surface area contributed by atoms with Crippen LogP contribution in [0, 0.1) is 6.92 Å². The van der Waals surface area contributed by atoms with Crippen LogP contribution >= 0.6 is 0 Å². The van der Waals surface area contributed by atoms with Gasteiger partial charge in [0.2, 0.25) is 0 Å². The average Bonchev–Trinajstić information content (AvgIpc) is 3.38. The SMILES string of the molecule is COc1ccc2c(c1)OC[C@H](c1ccc(C)cc1)[C@@H]2c1ccc(OCCN2CCCC2)cc1. The molecule has 4 nitrogen and oxygen atoms in total. The highest BCUT2D eigenvalue weighted by molar-refractivity contribution is 5.51. The molecule has 0 radical (unpaired) electrons. The fourth-order valence-corrected chi connectivity index (χ4v) is 5.10. The van der Waals surface area contributed by atoms with E-state index in [-0.39, 0.29) is 11.8 Å². The van der Waals surface area contributed by atoms with Gasteiger partial charge in [-0.05, 0) is 62.2 Å². The van der Waals surface area contributed by atoms with E-state index in [1.54, 1.807) is 7.11 Å². The maximum absolute atomic E-state index is 6.23. The molecule has 3 aromatic rings. The van der Waals surface area contributed by atoms with Crippen LogP contribution in [0.15, 0.2) is 66.7 Å². The summed E-state index contributed by atoms with van der Waals surface area (Å²) in [5.74, 6) is 3.12. The molecule has 2 atom stereocenters. The number of methoxy groups -OCH3 is 1. The number of ether oxygens (including phenoxy) is 3. The second-order valence-corrected chi connectivity index (χ2v) is 9.18. The van der Waals surface area contributed by atoms with Crippen LogP contribution in [-0.2, 0) is 0 Å². The van der Waals surface area contributed by atoms with Gasteiger partial charge >= 0.3 is 0 Å². The van der Waals surface area contributed by atoms with E-state index in [1.165, 1.54) is 48.2 Å². The lowest BCUT2D eigenvalue weighted by Gasteiger charge is -2.34. The van der Waals surface area contributed by atoms with E-state index in [0.29, 0.717) is 6.61 Å². The Kier molecular flexibility index (Phi) is 6.54. The first-order valence-corrected chi connectivity index (χ1v) is 12.0. The molecule has 0 amide bonds. The van der Waals surface area contributed by atoms with Gasteiger partial charge in [0.15, 0.2) is 0 Å². The Labute approximate surface area is 197 Å². The van der Waals surface area contributed by atoms with Crippen LogP contribution in [0.25, 0.3) is 0 Å². The minimum Gasteiger partial charge on any atom is -0.497 e. The van der Waals surface area contributed by atoms with Crippen LogP contribution in [0.5, 0.6) is 17.2 Å². The van der Waals surface area contributed by atoms with Crippen molar-refractivity contribution in [2.75, 3.05) is 40.0 Å². The predicted octanol–water partition coefficient (Wildman–Crippen LogP) is 5.79. The number of hydrogen-bond acceptors (Lipinski definition) is 4. The van der Waals surface area contributed by atoms with Gasteiger partial charge in [0, 0.05) is 30.0 Å². The summed E-state index contributed by atoms with van der Waals surface area (Å²) in [4.78, 5) is 2.48. The van der Waals surface area contributed by atoms with Crippen molar-refractivity contribution in [1.29, 1.82) is 0 Å². The molecule has 5 rings (SSSR count). The molecule has 0 saturated carbocycles. The van der Waals surface area contributed by atoms with Crippen LogP contribution in [0.2, 0.25) is 0 Å². The number of hydrogen-bond donors (Lipinski definition) is 0. The van der Waals surface area contributed by atoms with Crippen molar-refractivity contribution >= 4 is 0 Å². The van der Waals surface area contributed by atoms with E-state index in [0.717, 1.165) is 30.4 Å². The third-order valence-corrected chi connectivity index (χ3v) is 7.00. The lowest BCUT2D eigenvalue weighted by molar-refractivity contribution is 0.237. The molecule has 4 heteroatoms. The molecule has 0 N–H and O–H groups in total. The zero-order chi connectivity index (χ0) is 22.6. The first-order chi connectivity index (χ1) is 16.2. The zero-order valence-corrected chi connectivity index (χ0v) is 19.6. The van der Waals surface area contributed by atoms with Crippen molar-refractivity contribution < 1.29 is 14.2 Å². The fraction of sp³-hybridized carbons (Fsp3) is 0.379. The third kappa shape index (κ3) is 4.86. The molecule has 0 bridgehead atoms. The Hall–Kier alpha value is -2.98. The summed E-state index contributed by atoms with van der Waals surface area (Å²) >= 11 is 0. The second kappa shape index (κ2) is 9.88. The molecular formula is C29H33NO3. The summed E-state index contributed by atoms with van der Waals surface area (Å²) < 4.78 is 17.7. The monoisotopic (exact) mass is 443 g/mol. The molecule has 0 unspecified atom stereocenters. The summed E-state index contributed by atoms with van der Waals surface area (Å²) in [7, 11) is 1.69. The summed E-state index contributed by atoms with van der Waals surface area (Å²) in [5, 5.41) is 0.